The van der Waals surface area contributed by atoms with E-state index in [4.69, 9.17) is 11.6 Å². The lowest BCUT2D eigenvalue weighted by Crippen LogP contribution is -1.76. The van der Waals surface area contributed by atoms with Crippen LogP contribution >= 0.6 is 24.2 Å². The van der Waals surface area contributed by atoms with Crippen LogP contribution in [0.5, 0.6) is 0 Å². The fraction of sp³-hybridized carbons (Fsp3) is 0.200. The Bertz CT molecular complexity index is 272. The lowest BCUT2D eigenvalue weighted by atomic mass is 10.1. The standard InChI is InChI=1S/C10H11ClS/c1-8-5-9(3-2-4-12)7-10(11)6-8/h2-3,5-7,12H,4H2,1H3. The molecule has 0 radical (unpaired) electrons. The fourth-order valence-electron chi connectivity index (χ4n) is 1.05. The van der Waals surface area contributed by atoms with Gasteiger partial charge in [0.1, 0.15) is 0 Å². The molecule has 0 aromatic heterocycles. The van der Waals surface area contributed by atoms with Gasteiger partial charge in [0.25, 0.3) is 0 Å². The highest BCUT2D eigenvalue weighted by atomic mass is 35.5. The van der Waals surface area contributed by atoms with E-state index in [2.05, 4.69) is 18.7 Å². The second-order valence-corrected chi connectivity index (χ2v) is 3.45. The van der Waals surface area contributed by atoms with Crippen LogP contribution in [0.1, 0.15) is 11.1 Å². The van der Waals surface area contributed by atoms with Crippen molar-refractivity contribution in [2.75, 3.05) is 5.75 Å². The maximum Gasteiger partial charge on any atom is 0.0414 e. The van der Waals surface area contributed by atoms with Crippen LogP contribution in [-0.4, -0.2) is 5.75 Å². The van der Waals surface area contributed by atoms with E-state index in [0.717, 1.165) is 16.3 Å². The zero-order valence-electron chi connectivity index (χ0n) is 6.92. The van der Waals surface area contributed by atoms with Crippen molar-refractivity contribution in [2.45, 2.75) is 6.92 Å². The first kappa shape index (κ1) is 9.69. The predicted molar refractivity (Wildman–Crippen MR) is 59.1 cm³/mol. The third-order valence-corrected chi connectivity index (χ3v) is 1.91. The van der Waals surface area contributed by atoms with E-state index in [1.165, 1.54) is 5.56 Å². The molecular formula is C10H11ClS. The first-order valence-corrected chi connectivity index (χ1v) is 4.78. The number of hydrogen-bond donors (Lipinski definition) is 1. The second-order valence-electron chi connectivity index (χ2n) is 2.65. The maximum absolute atomic E-state index is 5.88. The van der Waals surface area contributed by atoms with Gasteiger partial charge in [-0.15, -0.1) is 0 Å². The van der Waals surface area contributed by atoms with Crippen molar-refractivity contribution >= 4 is 30.3 Å². The van der Waals surface area contributed by atoms with Crippen molar-refractivity contribution < 1.29 is 0 Å². The van der Waals surface area contributed by atoms with Gasteiger partial charge < -0.3 is 0 Å². The lowest BCUT2D eigenvalue weighted by molar-refractivity contribution is 1.46. The van der Waals surface area contributed by atoms with Gasteiger partial charge in [-0.1, -0.05) is 29.8 Å². The van der Waals surface area contributed by atoms with Crippen molar-refractivity contribution in [3.8, 4) is 0 Å². The molecule has 0 amide bonds. The van der Waals surface area contributed by atoms with Gasteiger partial charge in [-0.2, -0.15) is 12.6 Å². The van der Waals surface area contributed by atoms with Crippen LogP contribution in [0.25, 0.3) is 6.08 Å². The maximum atomic E-state index is 5.88. The van der Waals surface area contributed by atoms with Gasteiger partial charge in [0.05, 0.1) is 0 Å². The van der Waals surface area contributed by atoms with Gasteiger partial charge in [-0.3, -0.25) is 0 Å². The highest BCUT2D eigenvalue weighted by molar-refractivity contribution is 7.80. The molecule has 2 heteroatoms. The highest BCUT2D eigenvalue weighted by Crippen LogP contribution is 2.15. The lowest BCUT2D eigenvalue weighted by Gasteiger charge is -1.97. The number of thiol groups is 1. The largest absolute Gasteiger partial charge is 0.175 e. The van der Waals surface area contributed by atoms with Crippen molar-refractivity contribution in [2.24, 2.45) is 0 Å². The van der Waals surface area contributed by atoms with E-state index in [1.807, 2.05) is 31.2 Å². The Morgan fingerprint density at radius 1 is 1.42 bits per heavy atom. The molecule has 0 spiro atoms. The van der Waals surface area contributed by atoms with E-state index < -0.39 is 0 Å². The molecule has 12 heavy (non-hydrogen) atoms. The molecule has 0 N–H and O–H groups in total. The summed E-state index contributed by atoms with van der Waals surface area (Å²) in [6, 6.07) is 5.97. The molecule has 0 saturated heterocycles. The Balaban J connectivity index is 2.93. The van der Waals surface area contributed by atoms with E-state index in [-0.39, 0.29) is 0 Å². The topological polar surface area (TPSA) is 0 Å². The quantitative estimate of drug-likeness (QED) is 0.690. The highest BCUT2D eigenvalue weighted by Gasteiger charge is 1.92. The average molecular weight is 199 g/mol. The van der Waals surface area contributed by atoms with Crippen LogP contribution in [0.15, 0.2) is 24.3 Å². The van der Waals surface area contributed by atoms with E-state index >= 15 is 0 Å². The third-order valence-electron chi connectivity index (χ3n) is 1.48. The summed E-state index contributed by atoms with van der Waals surface area (Å²) < 4.78 is 0. The first-order chi connectivity index (χ1) is 5.72. The third kappa shape index (κ3) is 2.92. The summed E-state index contributed by atoms with van der Waals surface area (Å²) in [7, 11) is 0. The minimum absolute atomic E-state index is 0.756. The summed E-state index contributed by atoms with van der Waals surface area (Å²) in [6.45, 7) is 2.03. The normalized spacial score (nSPS) is 10.9. The van der Waals surface area contributed by atoms with Crippen LogP contribution in [0, 0.1) is 6.92 Å². The van der Waals surface area contributed by atoms with Crippen LogP contribution < -0.4 is 0 Å². The molecule has 0 bridgehead atoms. The molecule has 0 aliphatic carbocycles. The van der Waals surface area contributed by atoms with Crippen molar-refractivity contribution in [1.29, 1.82) is 0 Å². The molecule has 0 aliphatic rings. The molecule has 0 nitrogen and oxygen atoms in total. The molecule has 1 aromatic carbocycles. The minimum Gasteiger partial charge on any atom is -0.175 e. The average Bonchev–Trinajstić information content (AvgIpc) is 1.99. The number of aryl methyl sites for hydroxylation is 1. The Hall–Kier alpha value is -0.400. The zero-order chi connectivity index (χ0) is 8.97. The van der Waals surface area contributed by atoms with Crippen LogP contribution in [0.3, 0.4) is 0 Å². The molecule has 0 aliphatic heterocycles. The summed E-state index contributed by atoms with van der Waals surface area (Å²) in [5.41, 5.74) is 2.32. The van der Waals surface area contributed by atoms with Crippen molar-refractivity contribution in [1.82, 2.24) is 0 Å². The smallest absolute Gasteiger partial charge is 0.0414 e. The van der Waals surface area contributed by atoms with Gasteiger partial charge >= 0.3 is 0 Å². The molecule has 1 rings (SSSR count). The Kier molecular flexibility index (Phi) is 3.70. The van der Waals surface area contributed by atoms with Crippen LogP contribution in [0.4, 0.5) is 0 Å². The van der Waals surface area contributed by atoms with Gasteiger partial charge in [0.2, 0.25) is 0 Å². The summed E-state index contributed by atoms with van der Waals surface area (Å²) >= 11 is 9.96. The predicted octanol–water partition coefficient (Wildman–Crippen LogP) is 3.59. The summed E-state index contributed by atoms with van der Waals surface area (Å²) in [4.78, 5) is 0. The molecule has 0 unspecified atom stereocenters. The molecular weight excluding hydrogens is 188 g/mol. The fourth-order valence-corrected chi connectivity index (χ4v) is 1.45. The molecule has 0 saturated carbocycles. The minimum atomic E-state index is 0.756. The summed E-state index contributed by atoms with van der Waals surface area (Å²) in [5, 5.41) is 0.786. The summed E-state index contributed by atoms with van der Waals surface area (Å²) in [5.74, 6) is 0.756. The molecule has 0 fully saturated rings. The molecule has 0 heterocycles. The van der Waals surface area contributed by atoms with E-state index in [9.17, 15) is 0 Å². The Labute approximate surface area is 83.7 Å². The van der Waals surface area contributed by atoms with Crippen LogP contribution in [-0.2, 0) is 0 Å². The molecule has 1 aromatic rings. The number of halogens is 1. The number of rotatable bonds is 2. The SMILES string of the molecule is Cc1cc(Cl)cc(C=CCS)c1. The van der Waals surface area contributed by atoms with E-state index in [0.29, 0.717) is 0 Å². The van der Waals surface area contributed by atoms with E-state index in [1.54, 1.807) is 0 Å². The number of hydrogen-bond acceptors (Lipinski definition) is 1. The van der Waals surface area contributed by atoms with Gasteiger partial charge in [0, 0.05) is 10.8 Å². The second kappa shape index (κ2) is 4.58. The Morgan fingerprint density at radius 3 is 2.75 bits per heavy atom. The molecule has 0 atom stereocenters. The van der Waals surface area contributed by atoms with Crippen molar-refractivity contribution in [3.63, 3.8) is 0 Å². The van der Waals surface area contributed by atoms with Gasteiger partial charge in [0.15, 0.2) is 0 Å². The summed E-state index contributed by atoms with van der Waals surface area (Å²) in [6.07, 6.45) is 4.01. The molecule has 64 valence electrons. The number of benzene rings is 1. The van der Waals surface area contributed by atoms with Gasteiger partial charge in [-0.25, -0.2) is 0 Å². The van der Waals surface area contributed by atoms with Crippen molar-refractivity contribution in [3.05, 3.63) is 40.4 Å². The van der Waals surface area contributed by atoms with Gasteiger partial charge in [-0.05, 0) is 30.2 Å². The zero-order valence-corrected chi connectivity index (χ0v) is 8.57. The first-order valence-electron chi connectivity index (χ1n) is 3.77. The Morgan fingerprint density at radius 2 is 2.17 bits per heavy atom. The van der Waals surface area contributed by atoms with Crippen LogP contribution in [0.2, 0.25) is 5.02 Å². The monoisotopic (exact) mass is 198 g/mol.